The van der Waals surface area contributed by atoms with E-state index in [1.165, 1.54) is 0 Å². The third-order valence-corrected chi connectivity index (χ3v) is 2.75. The average Bonchev–Trinajstić information content (AvgIpc) is 1.85. The molecule has 0 bridgehead atoms. The Hall–Kier alpha value is -0.200. The normalized spacial score (nSPS) is 15.1. The van der Waals surface area contributed by atoms with Gasteiger partial charge >= 0.3 is 0 Å². The largest absolute Gasteiger partial charge is 0.279 e. The van der Waals surface area contributed by atoms with E-state index in [2.05, 4.69) is 0 Å². The SMILES string of the molecule is CCCC(C)N(CF)S(N)(=O)=O. The van der Waals surface area contributed by atoms with Crippen molar-refractivity contribution in [3.63, 3.8) is 0 Å². The van der Waals surface area contributed by atoms with Gasteiger partial charge in [-0.25, -0.2) is 9.53 Å². The van der Waals surface area contributed by atoms with Crippen LogP contribution < -0.4 is 5.14 Å². The molecule has 0 radical (unpaired) electrons. The zero-order valence-corrected chi connectivity index (χ0v) is 8.14. The predicted molar refractivity (Wildman–Crippen MR) is 45.3 cm³/mol. The van der Waals surface area contributed by atoms with Gasteiger partial charge in [0.15, 0.2) is 6.80 Å². The molecule has 0 aliphatic rings. The van der Waals surface area contributed by atoms with E-state index in [-0.39, 0.29) is 6.04 Å². The molecular weight excluding hydrogens is 183 g/mol. The Morgan fingerprint density at radius 3 is 2.33 bits per heavy atom. The van der Waals surface area contributed by atoms with Crippen LogP contribution in [0.5, 0.6) is 0 Å². The number of nitrogens with two attached hydrogens (primary N) is 1. The van der Waals surface area contributed by atoms with Crippen LogP contribution in [0.3, 0.4) is 0 Å². The van der Waals surface area contributed by atoms with Gasteiger partial charge in [-0.15, -0.1) is 0 Å². The molecule has 0 aliphatic carbocycles. The first kappa shape index (κ1) is 11.8. The van der Waals surface area contributed by atoms with Crippen molar-refractivity contribution in [1.82, 2.24) is 4.31 Å². The van der Waals surface area contributed by atoms with Crippen molar-refractivity contribution in [2.24, 2.45) is 5.14 Å². The van der Waals surface area contributed by atoms with E-state index in [4.69, 9.17) is 5.14 Å². The summed E-state index contributed by atoms with van der Waals surface area (Å²) < 4.78 is 34.3. The smallest absolute Gasteiger partial charge is 0.233 e. The first-order valence-corrected chi connectivity index (χ1v) is 5.29. The predicted octanol–water partition coefficient (Wildman–Crippen LogP) is 0.608. The van der Waals surface area contributed by atoms with Crippen molar-refractivity contribution in [2.75, 3.05) is 6.80 Å². The molecule has 0 aromatic rings. The van der Waals surface area contributed by atoms with Gasteiger partial charge in [-0.2, -0.15) is 12.7 Å². The van der Waals surface area contributed by atoms with Gasteiger partial charge in [0.2, 0.25) is 0 Å². The van der Waals surface area contributed by atoms with Gasteiger partial charge in [0.05, 0.1) is 0 Å². The van der Waals surface area contributed by atoms with Crippen LogP contribution in [0.4, 0.5) is 4.39 Å². The average molecular weight is 198 g/mol. The summed E-state index contributed by atoms with van der Waals surface area (Å²) in [5, 5.41) is 4.78. The zero-order chi connectivity index (χ0) is 9.78. The van der Waals surface area contributed by atoms with E-state index in [0.717, 1.165) is 6.42 Å². The Kier molecular flexibility index (Phi) is 4.66. The van der Waals surface area contributed by atoms with Crippen molar-refractivity contribution < 1.29 is 12.8 Å². The Morgan fingerprint density at radius 2 is 2.08 bits per heavy atom. The summed E-state index contributed by atoms with van der Waals surface area (Å²) in [5.74, 6) is 0. The Bertz CT molecular complexity index is 218. The lowest BCUT2D eigenvalue weighted by molar-refractivity contribution is 0.233. The number of hydrogen-bond donors (Lipinski definition) is 1. The molecule has 4 nitrogen and oxygen atoms in total. The first-order chi connectivity index (χ1) is 5.43. The van der Waals surface area contributed by atoms with Crippen LogP contribution in [0.1, 0.15) is 26.7 Å². The number of alkyl halides is 1. The highest BCUT2D eigenvalue weighted by Gasteiger charge is 2.22. The highest BCUT2D eigenvalue weighted by molar-refractivity contribution is 7.86. The topological polar surface area (TPSA) is 63.4 Å². The molecule has 0 fully saturated rings. The lowest BCUT2D eigenvalue weighted by Crippen LogP contribution is -2.42. The molecule has 1 unspecified atom stereocenters. The van der Waals surface area contributed by atoms with Crippen LogP contribution in [-0.2, 0) is 10.2 Å². The van der Waals surface area contributed by atoms with Crippen LogP contribution in [0, 0.1) is 0 Å². The maximum atomic E-state index is 12.2. The minimum Gasteiger partial charge on any atom is -0.233 e. The van der Waals surface area contributed by atoms with Gasteiger partial charge in [0.25, 0.3) is 10.2 Å². The zero-order valence-electron chi connectivity index (χ0n) is 7.33. The number of hydrogen-bond acceptors (Lipinski definition) is 2. The van der Waals surface area contributed by atoms with Gasteiger partial charge in [-0.05, 0) is 13.3 Å². The molecule has 0 saturated carbocycles. The van der Waals surface area contributed by atoms with Crippen LogP contribution in [0.25, 0.3) is 0 Å². The molecule has 74 valence electrons. The van der Waals surface area contributed by atoms with Gasteiger partial charge in [0.1, 0.15) is 0 Å². The standard InChI is InChI=1S/C6H15FN2O2S/c1-3-4-6(2)9(5-7)12(8,10)11/h6H,3-5H2,1-2H3,(H2,8,10,11). The molecule has 0 rings (SSSR count). The lowest BCUT2D eigenvalue weighted by Gasteiger charge is -2.22. The summed E-state index contributed by atoms with van der Waals surface area (Å²) >= 11 is 0. The summed E-state index contributed by atoms with van der Waals surface area (Å²) in [5.41, 5.74) is 0. The minimum atomic E-state index is -3.88. The van der Waals surface area contributed by atoms with Crippen molar-refractivity contribution in [3.8, 4) is 0 Å². The molecule has 0 heterocycles. The highest BCUT2D eigenvalue weighted by atomic mass is 32.2. The molecule has 0 amide bonds. The summed E-state index contributed by atoms with van der Waals surface area (Å²) in [6.45, 7) is 2.48. The molecule has 6 heteroatoms. The van der Waals surface area contributed by atoms with E-state index >= 15 is 0 Å². The number of nitrogens with zero attached hydrogens (tertiary/aromatic N) is 1. The molecular formula is C6H15FN2O2S. The van der Waals surface area contributed by atoms with Gasteiger partial charge < -0.3 is 0 Å². The molecule has 0 spiro atoms. The quantitative estimate of drug-likeness (QED) is 0.658. The van der Waals surface area contributed by atoms with Crippen molar-refractivity contribution in [2.45, 2.75) is 32.7 Å². The Labute approximate surface area is 72.7 Å². The molecule has 12 heavy (non-hydrogen) atoms. The fourth-order valence-corrected chi connectivity index (χ4v) is 1.74. The monoisotopic (exact) mass is 198 g/mol. The summed E-state index contributed by atoms with van der Waals surface area (Å²) in [7, 11) is -3.88. The van der Waals surface area contributed by atoms with Gasteiger partial charge in [-0.1, -0.05) is 13.3 Å². The molecule has 1 atom stereocenters. The van der Waals surface area contributed by atoms with E-state index in [9.17, 15) is 12.8 Å². The maximum absolute atomic E-state index is 12.2. The molecule has 2 N–H and O–H groups in total. The van der Waals surface area contributed by atoms with E-state index in [1.807, 2.05) is 6.92 Å². The third-order valence-electron chi connectivity index (χ3n) is 1.64. The van der Waals surface area contributed by atoms with E-state index in [1.54, 1.807) is 6.92 Å². The summed E-state index contributed by atoms with van der Waals surface area (Å²) in [4.78, 5) is 0. The van der Waals surface area contributed by atoms with Crippen molar-refractivity contribution >= 4 is 10.2 Å². The number of rotatable bonds is 5. The Balaban J connectivity index is 4.35. The van der Waals surface area contributed by atoms with Crippen molar-refractivity contribution in [1.29, 1.82) is 0 Å². The van der Waals surface area contributed by atoms with Gasteiger partial charge in [-0.3, -0.25) is 0 Å². The molecule has 0 aromatic heterocycles. The second kappa shape index (κ2) is 4.74. The molecule has 0 aliphatic heterocycles. The second-order valence-corrected chi connectivity index (χ2v) is 4.19. The Morgan fingerprint density at radius 1 is 1.58 bits per heavy atom. The first-order valence-electron chi connectivity index (χ1n) is 3.79. The van der Waals surface area contributed by atoms with E-state index in [0.29, 0.717) is 10.7 Å². The van der Waals surface area contributed by atoms with Crippen LogP contribution in [0.2, 0.25) is 0 Å². The fraction of sp³-hybridized carbons (Fsp3) is 1.00. The molecule has 0 saturated heterocycles. The van der Waals surface area contributed by atoms with E-state index < -0.39 is 17.0 Å². The number of halogens is 1. The van der Waals surface area contributed by atoms with Crippen LogP contribution >= 0.6 is 0 Å². The van der Waals surface area contributed by atoms with Crippen molar-refractivity contribution in [3.05, 3.63) is 0 Å². The summed E-state index contributed by atoms with van der Waals surface area (Å²) in [6.07, 6.45) is 1.41. The molecule has 0 aromatic carbocycles. The second-order valence-electron chi connectivity index (χ2n) is 2.69. The third kappa shape index (κ3) is 3.46. The maximum Gasteiger partial charge on any atom is 0.279 e. The minimum absolute atomic E-state index is 0.366. The summed E-state index contributed by atoms with van der Waals surface area (Å²) in [6, 6.07) is -0.366. The van der Waals surface area contributed by atoms with Crippen LogP contribution in [-0.4, -0.2) is 25.6 Å². The van der Waals surface area contributed by atoms with Crippen LogP contribution in [0.15, 0.2) is 0 Å². The fourth-order valence-electron chi connectivity index (χ4n) is 0.998. The highest BCUT2D eigenvalue weighted by Crippen LogP contribution is 2.08. The van der Waals surface area contributed by atoms with Gasteiger partial charge in [0, 0.05) is 6.04 Å². The lowest BCUT2D eigenvalue weighted by atomic mass is 10.2.